The van der Waals surface area contributed by atoms with E-state index >= 15 is 0 Å². The molecule has 1 aromatic carbocycles. The first-order chi connectivity index (χ1) is 9.95. The number of benzene rings is 1. The van der Waals surface area contributed by atoms with Crippen LogP contribution in [0.5, 0.6) is 0 Å². The van der Waals surface area contributed by atoms with E-state index in [0.717, 1.165) is 12.8 Å². The number of aliphatic hydroxyl groups is 1. The Morgan fingerprint density at radius 2 is 2.00 bits per heavy atom. The molecule has 2 rings (SSSR count). The van der Waals surface area contributed by atoms with Crippen molar-refractivity contribution in [3.63, 3.8) is 0 Å². The van der Waals surface area contributed by atoms with Gasteiger partial charge in [-0.3, -0.25) is 0 Å². The molecule has 0 saturated heterocycles. The van der Waals surface area contributed by atoms with Crippen molar-refractivity contribution in [2.75, 3.05) is 6.61 Å². The number of rotatable bonds is 3. The Balaban J connectivity index is 2.28. The summed E-state index contributed by atoms with van der Waals surface area (Å²) in [6.45, 7) is 3.95. The summed E-state index contributed by atoms with van der Waals surface area (Å²) < 4.78 is 28.0. The maximum atomic E-state index is 12.6. The van der Waals surface area contributed by atoms with Crippen molar-refractivity contribution in [2.45, 2.75) is 37.6 Å². The third-order valence-electron chi connectivity index (χ3n) is 4.25. The third-order valence-corrected chi connectivity index (χ3v) is 5.80. The van der Waals surface area contributed by atoms with Crippen molar-refractivity contribution >= 4 is 10.0 Å². The van der Waals surface area contributed by atoms with Gasteiger partial charge in [0.05, 0.1) is 4.90 Å². The zero-order valence-corrected chi connectivity index (χ0v) is 13.2. The van der Waals surface area contributed by atoms with Gasteiger partial charge in [0.15, 0.2) is 0 Å². The monoisotopic (exact) mass is 307 g/mol. The lowest BCUT2D eigenvalue weighted by Gasteiger charge is -2.20. The molecule has 1 aliphatic rings. The van der Waals surface area contributed by atoms with Crippen LogP contribution >= 0.6 is 0 Å². The second kappa shape index (κ2) is 6.61. The number of hydrogen-bond acceptors (Lipinski definition) is 3. The van der Waals surface area contributed by atoms with Gasteiger partial charge in [0.2, 0.25) is 10.0 Å². The van der Waals surface area contributed by atoms with E-state index in [1.807, 2.05) is 0 Å². The molecule has 3 atom stereocenters. The van der Waals surface area contributed by atoms with Gasteiger partial charge in [-0.1, -0.05) is 37.8 Å². The van der Waals surface area contributed by atoms with E-state index in [9.17, 15) is 8.42 Å². The first kappa shape index (κ1) is 16.0. The number of aliphatic hydroxyl groups excluding tert-OH is 1. The molecular formula is C16H21NO3S. The Hall–Kier alpha value is -1.35. The molecule has 0 bridgehead atoms. The fraction of sp³-hybridized carbons (Fsp3) is 0.500. The summed E-state index contributed by atoms with van der Waals surface area (Å²) >= 11 is 0. The van der Waals surface area contributed by atoms with Gasteiger partial charge in [-0.2, -0.15) is 0 Å². The first-order valence-electron chi connectivity index (χ1n) is 7.17. The van der Waals surface area contributed by atoms with Crippen molar-refractivity contribution in [1.82, 2.24) is 4.72 Å². The Morgan fingerprint density at radius 3 is 2.62 bits per heavy atom. The van der Waals surface area contributed by atoms with E-state index < -0.39 is 10.0 Å². The number of hydrogen-bond donors (Lipinski definition) is 2. The Labute approximate surface area is 126 Å². The molecule has 0 aromatic heterocycles. The molecule has 1 saturated carbocycles. The van der Waals surface area contributed by atoms with Crippen LogP contribution in [0, 0.1) is 23.7 Å². The predicted octanol–water partition coefficient (Wildman–Crippen LogP) is 1.74. The number of nitrogens with one attached hydrogen (secondary N) is 1. The van der Waals surface area contributed by atoms with E-state index in [4.69, 9.17) is 5.11 Å². The number of sulfonamides is 1. The average molecular weight is 307 g/mol. The highest BCUT2D eigenvalue weighted by atomic mass is 32.2. The largest absolute Gasteiger partial charge is 0.384 e. The van der Waals surface area contributed by atoms with E-state index in [2.05, 4.69) is 30.4 Å². The minimum Gasteiger partial charge on any atom is -0.384 e. The van der Waals surface area contributed by atoms with Crippen LogP contribution in [0.4, 0.5) is 0 Å². The molecule has 21 heavy (non-hydrogen) atoms. The molecule has 0 spiro atoms. The fourth-order valence-corrected chi connectivity index (χ4v) is 4.26. The van der Waals surface area contributed by atoms with Gasteiger partial charge in [0.1, 0.15) is 6.61 Å². The Kier molecular flexibility index (Phi) is 5.04. The zero-order valence-electron chi connectivity index (χ0n) is 12.3. The summed E-state index contributed by atoms with van der Waals surface area (Å²) in [4.78, 5) is 0.178. The summed E-state index contributed by atoms with van der Waals surface area (Å²) in [6, 6.07) is 6.59. The van der Waals surface area contributed by atoms with Crippen molar-refractivity contribution in [1.29, 1.82) is 0 Å². The van der Waals surface area contributed by atoms with Crippen LogP contribution in [0.2, 0.25) is 0 Å². The smallest absolute Gasteiger partial charge is 0.242 e. The molecule has 0 aliphatic heterocycles. The molecule has 114 valence electrons. The molecule has 3 unspecified atom stereocenters. The quantitative estimate of drug-likeness (QED) is 0.836. The average Bonchev–Trinajstić information content (AvgIpc) is 2.77. The summed E-state index contributed by atoms with van der Waals surface area (Å²) in [5.74, 6) is 6.05. The van der Waals surface area contributed by atoms with Crippen LogP contribution in [0.3, 0.4) is 0 Å². The highest BCUT2D eigenvalue weighted by Gasteiger charge is 2.33. The van der Waals surface area contributed by atoms with Crippen molar-refractivity contribution in [3.05, 3.63) is 29.8 Å². The molecule has 1 fully saturated rings. The molecule has 0 radical (unpaired) electrons. The van der Waals surface area contributed by atoms with Gasteiger partial charge >= 0.3 is 0 Å². The van der Waals surface area contributed by atoms with E-state index in [1.165, 1.54) is 0 Å². The van der Waals surface area contributed by atoms with Crippen molar-refractivity contribution in [3.8, 4) is 11.8 Å². The molecule has 0 heterocycles. The second-order valence-electron chi connectivity index (χ2n) is 5.60. The van der Waals surface area contributed by atoms with Crippen LogP contribution in [0.1, 0.15) is 32.3 Å². The van der Waals surface area contributed by atoms with E-state index in [0.29, 0.717) is 17.4 Å². The van der Waals surface area contributed by atoms with Crippen LogP contribution in [-0.4, -0.2) is 26.2 Å². The van der Waals surface area contributed by atoms with Gasteiger partial charge in [0.25, 0.3) is 0 Å². The van der Waals surface area contributed by atoms with Gasteiger partial charge in [-0.05, 0) is 36.8 Å². The van der Waals surface area contributed by atoms with Crippen LogP contribution in [-0.2, 0) is 10.0 Å². The van der Waals surface area contributed by atoms with Gasteiger partial charge in [-0.25, -0.2) is 13.1 Å². The molecule has 2 N–H and O–H groups in total. The van der Waals surface area contributed by atoms with Gasteiger partial charge in [-0.15, -0.1) is 0 Å². The van der Waals surface area contributed by atoms with Gasteiger partial charge in [0, 0.05) is 11.6 Å². The van der Waals surface area contributed by atoms with Crippen LogP contribution < -0.4 is 4.72 Å². The lowest BCUT2D eigenvalue weighted by atomic mass is 9.98. The lowest BCUT2D eigenvalue weighted by molar-refractivity contribution is 0.350. The van der Waals surface area contributed by atoms with E-state index in [1.54, 1.807) is 24.3 Å². The normalized spacial score (nSPS) is 25.4. The summed E-state index contributed by atoms with van der Waals surface area (Å²) in [5.41, 5.74) is 0.415. The SMILES string of the molecule is CC1CCC(NS(=O)(=O)c2ccccc2C#CCO)C1C. The Morgan fingerprint density at radius 1 is 1.29 bits per heavy atom. The minimum absolute atomic E-state index is 0.0242. The molecule has 5 heteroatoms. The van der Waals surface area contributed by atoms with Gasteiger partial charge < -0.3 is 5.11 Å². The van der Waals surface area contributed by atoms with Crippen molar-refractivity contribution < 1.29 is 13.5 Å². The molecule has 4 nitrogen and oxygen atoms in total. The zero-order chi connectivity index (χ0) is 15.5. The maximum absolute atomic E-state index is 12.6. The van der Waals surface area contributed by atoms with Crippen molar-refractivity contribution in [2.24, 2.45) is 11.8 Å². The highest BCUT2D eigenvalue weighted by Crippen LogP contribution is 2.32. The van der Waals surface area contributed by atoms with Crippen LogP contribution in [0.25, 0.3) is 0 Å². The fourth-order valence-electron chi connectivity index (χ4n) is 2.73. The molecule has 1 aliphatic carbocycles. The summed E-state index contributed by atoms with van der Waals surface area (Å²) in [5, 5.41) is 8.78. The highest BCUT2D eigenvalue weighted by molar-refractivity contribution is 7.89. The minimum atomic E-state index is -3.60. The van der Waals surface area contributed by atoms with Crippen LogP contribution in [0.15, 0.2) is 29.2 Å². The molecule has 0 amide bonds. The topological polar surface area (TPSA) is 66.4 Å². The Bertz CT molecular complexity index is 658. The summed E-state index contributed by atoms with van der Waals surface area (Å²) in [6.07, 6.45) is 1.91. The second-order valence-corrected chi connectivity index (χ2v) is 7.28. The third kappa shape index (κ3) is 3.65. The molecule has 1 aromatic rings. The summed E-state index contributed by atoms with van der Waals surface area (Å²) in [7, 11) is -3.60. The predicted molar refractivity (Wildman–Crippen MR) is 82.1 cm³/mol. The maximum Gasteiger partial charge on any atom is 0.242 e. The molecular weight excluding hydrogens is 286 g/mol. The van der Waals surface area contributed by atoms with E-state index in [-0.39, 0.29) is 17.5 Å². The first-order valence-corrected chi connectivity index (χ1v) is 8.65. The lowest BCUT2D eigenvalue weighted by Crippen LogP contribution is -2.37. The standard InChI is InChI=1S/C16H21NO3S/c1-12-9-10-15(13(12)2)17-21(19,20)16-8-4-3-6-14(16)7-5-11-18/h3-4,6,8,12-13,15,17-18H,9-11H2,1-2H3.